The summed E-state index contributed by atoms with van der Waals surface area (Å²) in [6.45, 7) is 1.76. The number of hydrogen-bond donors (Lipinski definition) is 0. The van der Waals surface area contributed by atoms with E-state index in [-0.39, 0.29) is 11.8 Å². The SMILES string of the molecule is CN(CCN1CCCC1=O)C(=O)c1cccc(F)c1. The van der Waals surface area contributed by atoms with E-state index < -0.39 is 5.82 Å². The van der Waals surface area contributed by atoms with E-state index in [1.807, 2.05) is 0 Å². The summed E-state index contributed by atoms with van der Waals surface area (Å²) in [7, 11) is 1.66. The van der Waals surface area contributed by atoms with E-state index in [0.717, 1.165) is 13.0 Å². The molecule has 5 heteroatoms. The topological polar surface area (TPSA) is 40.6 Å². The van der Waals surface area contributed by atoms with Crippen LogP contribution >= 0.6 is 0 Å². The Hall–Kier alpha value is -1.91. The number of amides is 2. The van der Waals surface area contributed by atoms with Crippen LogP contribution in [0.15, 0.2) is 24.3 Å². The van der Waals surface area contributed by atoms with Crippen molar-refractivity contribution in [3.8, 4) is 0 Å². The highest BCUT2D eigenvalue weighted by Gasteiger charge is 2.21. The summed E-state index contributed by atoms with van der Waals surface area (Å²) in [6.07, 6.45) is 1.49. The Morgan fingerprint density at radius 1 is 1.47 bits per heavy atom. The maximum atomic E-state index is 13.1. The van der Waals surface area contributed by atoms with Gasteiger partial charge in [-0.1, -0.05) is 6.07 Å². The molecule has 0 spiro atoms. The lowest BCUT2D eigenvalue weighted by Gasteiger charge is -2.21. The molecule has 1 fully saturated rings. The van der Waals surface area contributed by atoms with Gasteiger partial charge >= 0.3 is 0 Å². The Labute approximate surface area is 111 Å². The molecule has 102 valence electrons. The third kappa shape index (κ3) is 3.30. The molecule has 0 saturated carbocycles. The van der Waals surface area contributed by atoms with E-state index >= 15 is 0 Å². The highest BCUT2D eigenvalue weighted by atomic mass is 19.1. The van der Waals surface area contributed by atoms with Crippen LogP contribution in [0.2, 0.25) is 0 Å². The molecule has 19 heavy (non-hydrogen) atoms. The lowest BCUT2D eigenvalue weighted by molar-refractivity contribution is -0.127. The number of likely N-dealkylation sites (tertiary alicyclic amines) is 1. The second-order valence-corrected chi connectivity index (χ2v) is 4.72. The Balaban J connectivity index is 1.90. The Morgan fingerprint density at radius 3 is 2.89 bits per heavy atom. The molecule has 4 nitrogen and oxygen atoms in total. The number of likely N-dealkylation sites (N-methyl/N-ethyl adjacent to an activating group) is 1. The van der Waals surface area contributed by atoms with Crippen molar-refractivity contribution >= 4 is 11.8 Å². The van der Waals surface area contributed by atoms with E-state index in [4.69, 9.17) is 0 Å². The number of nitrogens with zero attached hydrogens (tertiary/aromatic N) is 2. The molecule has 0 aliphatic carbocycles. The van der Waals surface area contributed by atoms with Gasteiger partial charge in [-0.3, -0.25) is 9.59 Å². The molecule has 1 aromatic carbocycles. The predicted molar refractivity (Wildman–Crippen MR) is 69.2 cm³/mol. The normalized spacial score (nSPS) is 14.8. The fourth-order valence-electron chi connectivity index (χ4n) is 2.15. The lowest BCUT2D eigenvalue weighted by atomic mass is 10.2. The summed E-state index contributed by atoms with van der Waals surface area (Å²) in [5, 5.41) is 0. The van der Waals surface area contributed by atoms with Gasteiger partial charge in [-0.05, 0) is 24.6 Å². The first-order chi connectivity index (χ1) is 9.08. The average molecular weight is 264 g/mol. The van der Waals surface area contributed by atoms with Crippen molar-refractivity contribution in [2.24, 2.45) is 0 Å². The predicted octanol–water partition coefficient (Wildman–Crippen LogP) is 1.52. The molecular formula is C14H17FN2O2. The molecule has 0 radical (unpaired) electrons. The van der Waals surface area contributed by atoms with Gasteiger partial charge in [-0.15, -0.1) is 0 Å². The second kappa shape index (κ2) is 5.82. The monoisotopic (exact) mass is 264 g/mol. The molecule has 1 aliphatic rings. The molecule has 0 bridgehead atoms. The van der Waals surface area contributed by atoms with Gasteiger partial charge in [0, 0.05) is 38.7 Å². The molecule has 0 aromatic heterocycles. The maximum absolute atomic E-state index is 13.1. The van der Waals surface area contributed by atoms with Crippen molar-refractivity contribution in [3.05, 3.63) is 35.6 Å². The first-order valence-corrected chi connectivity index (χ1v) is 6.37. The molecule has 1 saturated heterocycles. The van der Waals surface area contributed by atoms with E-state index in [9.17, 15) is 14.0 Å². The molecular weight excluding hydrogens is 247 g/mol. The minimum Gasteiger partial charge on any atom is -0.341 e. The number of carbonyl (C=O) groups excluding carboxylic acids is 2. The molecule has 2 amide bonds. The Kier molecular flexibility index (Phi) is 4.14. The van der Waals surface area contributed by atoms with Crippen LogP contribution in [0.5, 0.6) is 0 Å². The Bertz CT molecular complexity index is 490. The van der Waals surface area contributed by atoms with Gasteiger partial charge in [0.05, 0.1) is 0 Å². The minimum atomic E-state index is -0.422. The zero-order valence-corrected chi connectivity index (χ0v) is 10.9. The van der Waals surface area contributed by atoms with Crippen molar-refractivity contribution in [1.29, 1.82) is 0 Å². The molecule has 2 rings (SSSR count). The molecule has 1 aromatic rings. The number of hydrogen-bond acceptors (Lipinski definition) is 2. The highest BCUT2D eigenvalue weighted by Crippen LogP contribution is 2.10. The largest absolute Gasteiger partial charge is 0.341 e. The highest BCUT2D eigenvalue weighted by molar-refractivity contribution is 5.94. The van der Waals surface area contributed by atoms with Crippen molar-refractivity contribution in [3.63, 3.8) is 0 Å². The van der Waals surface area contributed by atoms with Crippen molar-refractivity contribution in [1.82, 2.24) is 9.80 Å². The number of benzene rings is 1. The molecule has 1 aliphatic heterocycles. The summed E-state index contributed by atoms with van der Waals surface area (Å²) in [4.78, 5) is 26.8. The van der Waals surface area contributed by atoms with Crippen LogP contribution in [0.25, 0.3) is 0 Å². The fraction of sp³-hybridized carbons (Fsp3) is 0.429. The first-order valence-electron chi connectivity index (χ1n) is 6.37. The van der Waals surface area contributed by atoms with Crippen LogP contribution < -0.4 is 0 Å². The van der Waals surface area contributed by atoms with Crippen LogP contribution in [0.1, 0.15) is 23.2 Å². The van der Waals surface area contributed by atoms with Gasteiger partial charge in [-0.25, -0.2) is 4.39 Å². The first kappa shape index (κ1) is 13.5. The average Bonchev–Trinajstić information content (AvgIpc) is 2.80. The third-order valence-corrected chi connectivity index (χ3v) is 3.29. The molecule has 0 unspecified atom stereocenters. The summed E-state index contributed by atoms with van der Waals surface area (Å²) >= 11 is 0. The Morgan fingerprint density at radius 2 is 2.26 bits per heavy atom. The quantitative estimate of drug-likeness (QED) is 0.827. The van der Waals surface area contributed by atoms with Gasteiger partial charge < -0.3 is 9.80 Å². The molecule has 0 N–H and O–H groups in total. The summed E-state index contributed by atoms with van der Waals surface area (Å²) < 4.78 is 13.1. The zero-order chi connectivity index (χ0) is 13.8. The summed E-state index contributed by atoms with van der Waals surface area (Å²) in [5.74, 6) is -0.508. The summed E-state index contributed by atoms with van der Waals surface area (Å²) in [6, 6.07) is 5.63. The van der Waals surface area contributed by atoms with Gasteiger partial charge in [0.2, 0.25) is 5.91 Å². The third-order valence-electron chi connectivity index (χ3n) is 3.29. The van der Waals surface area contributed by atoms with Crippen molar-refractivity contribution < 1.29 is 14.0 Å². The van der Waals surface area contributed by atoms with Gasteiger partial charge in [0.25, 0.3) is 5.91 Å². The summed E-state index contributed by atoms with van der Waals surface area (Å²) in [5.41, 5.74) is 0.329. The minimum absolute atomic E-state index is 0.145. The molecule has 1 heterocycles. The van der Waals surface area contributed by atoms with E-state index in [1.54, 1.807) is 18.0 Å². The van der Waals surface area contributed by atoms with E-state index in [2.05, 4.69) is 0 Å². The van der Waals surface area contributed by atoms with Gasteiger partial charge in [0.15, 0.2) is 0 Å². The smallest absolute Gasteiger partial charge is 0.253 e. The van der Waals surface area contributed by atoms with Crippen LogP contribution in [-0.2, 0) is 4.79 Å². The van der Waals surface area contributed by atoms with E-state index in [1.165, 1.54) is 23.1 Å². The van der Waals surface area contributed by atoms with Crippen LogP contribution in [0.4, 0.5) is 4.39 Å². The molecule has 0 atom stereocenters. The standard InChI is InChI=1S/C14H17FN2O2/c1-16(8-9-17-7-3-6-13(17)18)14(19)11-4-2-5-12(15)10-11/h2,4-5,10H,3,6-9H2,1H3. The zero-order valence-electron chi connectivity index (χ0n) is 10.9. The fourth-order valence-corrected chi connectivity index (χ4v) is 2.15. The van der Waals surface area contributed by atoms with Crippen LogP contribution in [0, 0.1) is 5.82 Å². The van der Waals surface area contributed by atoms with Crippen LogP contribution in [0.3, 0.4) is 0 Å². The van der Waals surface area contributed by atoms with Gasteiger partial charge in [-0.2, -0.15) is 0 Å². The van der Waals surface area contributed by atoms with E-state index in [0.29, 0.717) is 25.1 Å². The second-order valence-electron chi connectivity index (χ2n) is 4.72. The van der Waals surface area contributed by atoms with Gasteiger partial charge in [0.1, 0.15) is 5.82 Å². The maximum Gasteiger partial charge on any atom is 0.253 e. The van der Waals surface area contributed by atoms with Crippen molar-refractivity contribution in [2.45, 2.75) is 12.8 Å². The van der Waals surface area contributed by atoms with Crippen LogP contribution in [-0.4, -0.2) is 48.3 Å². The lowest BCUT2D eigenvalue weighted by Crippen LogP contribution is -2.36. The van der Waals surface area contributed by atoms with Crippen molar-refractivity contribution in [2.75, 3.05) is 26.7 Å². The number of halogens is 1. The number of carbonyl (C=O) groups is 2. The number of rotatable bonds is 4.